The number of hydrogen-bond donors (Lipinski definition) is 0. The first-order valence-corrected chi connectivity index (χ1v) is 9.79. The van der Waals surface area contributed by atoms with Crippen molar-refractivity contribution in [2.45, 2.75) is 13.3 Å². The maximum Gasteiger partial charge on any atom is 0.253 e. The molecule has 0 atom stereocenters. The number of piperazine rings is 1. The summed E-state index contributed by atoms with van der Waals surface area (Å²) in [6.45, 7) is 4.92. The van der Waals surface area contributed by atoms with E-state index >= 15 is 0 Å². The number of nitrogens with zero attached hydrogens (tertiary/aromatic N) is 5. The number of hydrogen-bond acceptors (Lipinski definition) is 6. The first-order chi connectivity index (χ1) is 13.2. The second kappa shape index (κ2) is 7.33. The molecular weight excluding hydrogens is 358 g/mol. The van der Waals surface area contributed by atoms with Crippen molar-refractivity contribution in [1.29, 1.82) is 5.26 Å². The molecule has 0 bridgehead atoms. The number of rotatable bonds is 3. The molecule has 0 aliphatic carbocycles. The molecule has 1 saturated heterocycles. The highest BCUT2D eigenvalue weighted by Gasteiger charge is 2.24. The topological polar surface area (TPSA) is 73.1 Å². The van der Waals surface area contributed by atoms with Crippen LogP contribution in [0.3, 0.4) is 0 Å². The zero-order chi connectivity index (χ0) is 18.8. The first-order valence-electron chi connectivity index (χ1n) is 8.97. The number of aryl methyl sites for hydroxylation is 1. The van der Waals surface area contributed by atoms with E-state index in [4.69, 9.17) is 5.26 Å². The molecule has 2 aromatic heterocycles. The SMILES string of the molecule is CCc1cc2c(N3CCN(C(=O)c4ccc(C#N)cc4)CC3)ncnc2s1. The van der Waals surface area contributed by atoms with Crippen molar-refractivity contribution < 1.29 is 4.79 Å². The van der Waals surface area contributed by atoms with Crippen LogP contribution in [-0.2, 0) is 6.42 Å². The van der Waals surface area contributed by atoms with Crippen LogP contribution >= 0.6 is 11.3 Å². The minimum atomic E-state index is 0.00998. The summed E-state index contributed by atoms with van der Waals surface area (Å²) in [5, 5.41) is 9.99. The number of thiophene rings is 1. The third-order valence-electron chi connectivity index (χ3n) is 4.84. The lowest BCUT2D eigenvalue weighted by atomic mass is 10.1. The number of carbonyl (C=O) groups is 1. The molecule has 136 valence electrons. The number of nitriles is 1. The lowest BCUT2D eigenvalue weighted by Gasteiger charge is -2.35. The summed E-state index contributed by atoms with van der Waals surface area (Å²) >= 11 is 1.72. The number of amides is 1. The summed E-state index contributed by atoms with van der Waals surface area (Å²) in [5.41, 5.74) is 1.18. The second-order valence-electron chi connectivity index (χ2n) is 6.45. The molecule has 0 saturated carbocycles. The monoisotopic (exact) mass is 377 g/mol. The third kappa shape index (κ3) is 3.36. The summed E-state index contributed by atoms with van der Waals surface area (Å²) in [4.78, 5) is 28.0. The van der Waals surface area contributed by atoms with E-state index in [1.807, 2.05) is 4.90 Å². The summed E-state index contributed by atoms with van der Waals surface area (Å²) in [6.07, 6.45) is 2.62. The zero-order valence-electron chi connectivity index (χ0n) is 15.1. The highest BCUT2D eigenvalue weighted by Crippen LogP contribution is 2.31. The maximum absolute atomic E-state index is 12.7. The van der Waals surface area contributed by atoms with Crippen molar-refractivity contribution in [2.24, 2.45) is 0 Å². The standard InChI is InChI=1S/C20H19N5OS/c1-2-16-11-17-18(22-13-23-19(17)27-16)24-7-9-25(10-8-24)20(26)15-5-3-14(12-21)4-6-15/h3-6,11,13H,2,7-10H2,1H3. The van der Waals surface area contributed by atoms with Crippen LogP contribution in [-0.4, -0.2) is 47.0 Å². The van der Waals surface area contributed by atoms with Crippen LogP contribution in [0.4, 0.5) is 5.82 Å². The van der Waals surface area contributed by atoms with E-state index < -0.39 is 0 Å². The van der Waals surface area contributed by atoms with Gasteiger partial charge in [-0.05, 0) is 36.8 Å². The molecule has 3 heterocycles. The molecule has 1 aromatic carbocycles. The van der Waals surface area contributed by atoms with Crippen molar-refractivity contribution in [3.63, 3.8) is 0 Å². The fraction of sp³-hybridized carbons (Fsp3) is 0.300. The van der Waals surface area contributed by atoms with Crippen molar-refractivity contribution in [3.8, 4) is 6.07 Å². The molecule has 1 fully saturated rings. The van der Waals surface area contributed by atoms with Gasteiger partial charge in [-0.3, -0.25) is 4.79 Å². The smallest absolute Gasteiger partial charge is 0.253 e. The number of fused-ring (bicyclic) bond motifs is 1. The van der Waals surface area contributed by atoms with Gasteiger partial charge in [0.2, 0.25) is 0 Å². The Kier molecular flexibility index (Phi) is 4.73. The van der Waals surface area contributed by atoms with E-state index in [2.05, 4.69) is 33.9 Å². The van der Waals surface area contributed by atoms with Gasteiger partial charge in [-0.1, -0.05) is 6.92 Å². The molecule has 3 aromatic rings. The number of anilines is 1. The fourth-order valence-electron chi connectivity index (χ4n) is 3.31. The highest BCUT2D eigenvalue weighted by molar-refractivity contribution is 7.18. The lowest BCUT2D eigenvalue weighted by molar-refractivity contribution is 0.0746. The van der Waals surface area contributed by atoms with Gasteiger partial charge in [0.25, 0.3) is 5.91 Å². The van der Waals surface area contributed by atoms with E-state index in [1.165, 1.54) is 4.88 Å². The predicted octanol–water partition coefficient (Wildman–Crippen LogP) is 3.09. The van der Waals surface area contributed by atoms with E-state index in [9.17, 15) is 4.79 Å². The van der Waals surface area contributed by atoms with Gasteiger partial charge < -0.3 is 9.80 Å². The lowest BCUT2D eigenvalue weighted by Crippen LogP contribution is -2.49. The normalized spacial score (nSPS) is 14.4. The Morgan fingerprint density at radius 3 is 2.59 bits per heavy atom. The Labute approximate surface area is 161 Å². The summed E-state index contributed by atoms with van der Waals surface area (Å²) in [5.74, 6) is 0.970. The largest absolute Gasteiger partial charge is 0.352 e. The van der Waals surface area contributed by atoms with Gasteiger partial charge in [0.05, 0.1) is 17.0 Å². The Morgan fingerprint density at radius 2 is 1.93 bits per heavy atom. The Morgan fingerprint density at radius 1 is 1.19 bits per heavy atom. The quantitative estimate of drug-likeness (QED) is 0.701. The van der Waals surface area contributed by atoms with Crippen LogP contribution in [0.2, 0.25) is 0 Å². The van der Waals surface area contributed by atoms with Gasteiger partial charge in [0, 0.05) is 36.6 Å². The molecule has 1 amide bonds. The zero-order valence-corrected chi connectivity index (χ0v) is 15.9. The molecule has 4 rings (SSSR count). The number of carbonyl (C=O) groups excluding carboxylic acids is 1. The van der Waals surface area contributed by atoms with Crippen LogP contribution in [0.1, 0.15) is 27.7 Å². The summed E-state index contributed by atoms with van der Waals surface area (Å²) in [7, 11) is 0. The van der Waals surface area contributed by atoms with Crippen LogP contribution in [0, 0.1) is 11.3 Å². The first kappa shape index (κ1) is 17.4. The minimum absolute atomic E-state index is 0.00998. The maximum atomic E-state index is 12.7. The fourth-order valence-corrected chi connectivity index (χ4v) is 4.24. The van der Waals surface area contributed by atoms with Gasteiger partial charge in [-0.15, -0.1) is 11.3 Å². The van der Waals surface area contributed by atoms with E-state index in [0.717, 1.165) is 35.5 Å². The van der Waals surface area contributed by atoms with Gasteiger partial charge >= 0.3 is 0 Å². The van der Waals surface area contributed by atoms with Crippen LogP contribution in [0.25, 0.3) is 10.2 Å². The van der Waals surface area contributed by atoms with Gasteiger partial charge in [-0.2, -0.15) is 5.26 Å². The van der Waals surface area contributed by atoms with Crippen LogP contribution in [0.5, 0.6) is 0 Å². The van der Waals surface area contributed by atoms with E-state index in [-0.39, 0.29) is 5.91 Å². The number of benzene rings is 1. The molecule has 6 nitrogen and oxygen atoms in total. The summed E-state index contributed by atoms with van der Waals surface area (Å²) in [6, 6.07) is 11.1. The van der Waals surface area contributed by atoms with Gasteiger partial charge in [0.15, 0.2) is 0 Å². The van der Waals surface area contributed by atoms with Crippen LogP contribution in [0.15, 0.2) is 36.7 Å². The van der Waals surface area contributed by atoms with Gasteiger partial charge in [0.1, 0.15) is 17.0 Å². The predicted molar refractivity (Wildman–Crippen MR) is 106 cm³/mol. The number of aromatic nitrogens is 2. The Bertz CT molecular complexity index is 1010. The molecule has 0 N–H and O–H groups in total. The molecule has 1 aliphatic heterocycles. The van der Waals surface area contributed by atoms with Crippen LogP contribution < -0.4 is 4.90 Å². The average molecular weight is 377 g/mol. The Balaban J connectivity index is 1.48. The average Bonchev–Trinajstić information content (AvgIpc) is 3.17. The third-order valence-corrected chi connectivity index (χ3v) is 6.02. The molecule has 0 unspecified atom stereocenters. The molecule has 0 radical (unpaired) electrons. The highest BCUT2D eigenvalue weighted by atomic mass is 32.1. The van der Waals surface area contributed by atoms with E-state index in [1.54, 1.807) is 41.9 Å². The molecule has 0 spiro atoms. The molecular formula is C20H19N5OS. The second-order valence-corrected chi connectivity index (χ2v) is 7.57. The minimum Gasteiger partial charge on any atom is -0.352 e. The van der Waals surface area contributed by atoms with Crippen molar-refractivity contribution in [3.05, 3.63) is 52.7 Å². The van der Waals surface area contributed by atoms with Crippen molar-refractivity contribution >= 4 is 33.3 Å². The molecule has 27 heavy (non-hydrogen) atoms. The van der Waals surface area contributed by atoms with E-state index in [0.29, 0.717) is 24.2 Å². The van der Waals surface area contributed by atoms with Crippen molar-refractivity contribution in [1.82, 2.24) is 14.9 Å². The molecule has 7 heteroatoms. The summed E-state index contributed by atoms with van der Waals surface area (Å²) < 4.78 is 0. The van der Waals surface area contributed by atoms with Gasteiger partial charge in [-0.25, -0.2) is 9.97 Å². The molecule has 1 aliphatic rings. The Hall–Kier alpha value is -2.98. The van der Waals surface area contributed by atoms with Crippen molar-refractivity contribution in [2.75, 3.05) is 31.1 Å².